The maximum Gasteiger partial charge on any atom is 0.0521 e. The lowest BCUT2D eigenvalue weighted by atomic mass is 10.2. The molecule has 0 amide bonds. The van der Waals surface area contributed by atoms with Crippen molar-refractivity contribution in [2.24, 2.45) is 12.8 Å². The Morgan fingerprint density at radius 3 is 2.73 bits per heavy atom. The first kappa shape index (κ1) is 6.85. The van der Waals surface area contributed by atoms with E-state index >= 15 is 0 Å². The predicted molar refractivity (Wildman–Crippen MR) is 43.3 cm³/mol. The average Bonchev–Trinajstić information content (AvgIpc) is 2.54. The van der Waals surface area contributed by atoms with Crippen LogP contribution in [0.15, 0.2) is 6.20 Å². The van der Waals surface area contributed by atoms with Crippen LogP contribution >= 0.6 is 0 Å². The van der Waals surface area contributed by atoms with Crippen LogP contribution in [-0.4, -0.2) is 15.8 Å². The van der Waals surface area contributed by atoms with Crippen LogP contribution < -0.4 is 5.73 Å². The van der Waals surface area contributed by atoms with E-state index in [4.69, 9.17) is 5.73 Å². The third-order valence-corrected chi connectivity index (χ3v) is 2.37. The molecule has 1 aliphatic rings. The average molecular weight is 151 g/mol. The van der Waals surface area contributed by atoms with Crippen LogP contribution in [0.4, 0.5) is 0 Å². The molecular formula is C8H13N3. The maximum absolute atomic E-state index is 5.75. The molecule has 2 unspecified atom stereocenters. The molecule has 0 aliphatic heterocycles. The number of hydrogen-bond acceptors (Lipinski definition) is 2. The molecule has 0 radical (unpaired) electrons. The molecule has 0 saturated heterocycles. The molecule has 0 bridgehead atoms. The van der Waals surface area contributed by atoms with E-state index in [9.17, 15) is 0 Å². The van der Waals surface area contributed by atoms with Crippen LogP contribution in [0.5, 0.6) is 0 Å². The van der Waals surface area contributed by atoms with Crippen LogP contribution in [0.1, 0.15) is 23.6 Å². The molecule has 0 aromatic carbocycles. The molecule has 11 heavy (non-hydrogen) atoms. The monoisotopic (exact) mass is 151 g/mol. The second kappa shape index (κ2) is 2.08. The fourth-order valence-electron chi connectivity index (χ4n) is 1.62. The van der Waals surface area contributed by atoms with Gasteiger partial charge in [-0.3, -0.25) is 4.68 Å². The fraction of sp³-hybridized carbons (Fsp3) is 0.625. The highest BCUT2D eigenvalue weighted by atomic mass is 15.3. The number of nitrogens with two attached hydrogens (primary N) is 1. The van der Waals surface area contributed by atoms with Crippen molar-refractivity contribution in [2.45, 2.75) is 25.3 Å². The van der Waals surface area contributed by atoms with Crippen LogP contribution in [-0.2, 0) is 7.05 Å². The van der Waals surface area contributed by atoms with Gasteiger partial charge in [-0.2, -0.15) is 5.10 Å². The molecule has 1 aromatic rings. The second-order valence-corrected chi connectivity index (χ2v) is 3.34. The molecule has 1 aliphatic carbocycles. The molecule has 3 nitrogen and oxygen atoms in total. The Bertz CT molecular complexity index is 257. The number of aryl methyl sites for hydroxylation is 2. The Balaban J connectivity index is 2.36. The van der Waals surface area contributed by atoms with Gasteiger partial charge in [0.2, 0.25) is 0 Å². The van der Waals surface area contributed by atoms with Crippen molar-refractivity contribution in [1.29, 1.82) is 0 Å². The standard InChI is InChI=1S/C8H13N3/c1-5-4-10-11(2)8(5)6-3-7(6)9/h4,6-7H,3,9H2,1-2H3. The summed E-state index contributed by atoms with van der Waals surface area (Å²) in [6, 6.07) is 0.379. The van der Waals surface area contributed by atoms with Crippen molar-refractivity contribution in [3.8, 4) is 0 Å². The summed E-state index contributed by atoms with van der Waals surface area (Å²) in [6.07, 6.45) is 3.03. The van der Waals surface area contributed by atoms with Gasteiger partial charge >= 0.3 is 0 Å². The summed E-state index contributed by atoms with van der Waals surface area (Å²) in [5.74, 6) is 0.572. The molecule has 1 saturated carbocycles. The summed E-state index contributed by atoms with van der Waals surface area (Å²) in [6.45, 7) is 2.09. The number of nitrogens with zero attached hydrogens (tertiary/aromatic N) is 2. The molecule has 2 atom stereocenters. The maximum atomic E-state index is 5.75. The van der Waals surface area contributed by atoms with E-state index in [2.05, 4.69) is 12.0 Å². The van der Waals surface area contributed by atoms with E-state index in [0.717, 1.165) is 6.42 Å². The van der Waals surface area contributed by atoms with E-state index in [1.165, 1.54) is 11.3 Å². The lowest BCUT2D eigenvalue weighted by Gasteiger charge is -2.00. The molecule has 2 N–H and O–H groups in total. The largest absolute Gasteiger partial charge is 0.327 e. The van der Waals surface area contributed by atoms with Gasteiger partial charge in [-0.15, -0.1) is 0 Å². The predicted octanol–water partition coefficient (Wildman–Crippen LogP) is 0.543. The van der Waals surface area contributed by atoms with Gasteiger partial charge in [0.15, 0.2) is 0 Å². The smallest absolute Gasteiger partial charge is 0.0521 e. The van der Waals surface area contributed by atoms with Crippen LogP contribution in [0.2, 0.25) is 0 Å². The minimum atomic E-state index is 0.379. The van der Waals surface area contributed by atoms with Gasteiger partial charge in [0.25, 0.3) is 0 Å². The highest BCUT2D eigenvalue weighted by Gasteiger charge is 2.37. The van der Waals surface area contributed by atoms with E-state index in [1.54, 1.807) is 0 Å². The minimum Gasteiger partial charge on any atom is -0.327 e. The Morgan fingerprint density at radius 1 is 1.73 bits per heavy atom. The summed E-state index contributed by atoms with van der Waals surface area (Å²) in [4.78, 5) is 0. The lowest BCUT2D eigenvalue weighted by molar-refractivity contribution is 0.705. The molecule has 2 rings (SSSR count). The second-order valence-electron chi connectivity index (χ2n) is 3.34. The highest BCUT2D eigenvalue weighted by molar-refractivity contribution is 5.27. The van der Waals surface area contributed by atoms with Gasteiger partial charge in [-0.05, 0) is 18.9 Å². The molecule has 0 spiro atoms. The quantitative estimate of drug-likeness (QED) is 0.636. The van der Waals surface area contributed by atoms with E-state index in [-0.39, 0.29) is 0 Å². The van der Waals surface area contributed by atoms with Crippen LogP contribution in [0, 0.1) is 6.92 Å². The first-order valence-corrected chi connectivity index (χ1v) is 3.94. The molecule has 3 heteroatoms. The normalized spacial score (nSPS) is 29.0. The summed E-state index contributed by atoms with van der Waals surface area (Å²) in [5, 5.41) is 4.17. The van der Waals surface area contributed by atoms with Crippen LogP contribution in [0.25, 0.3) is 0 Å². The van der Waals surface area contributed by atoms with Gasteiger partial charge < -0.3 is 5.73 Å². The fourth-order valence-corrected chi connectivity index (χ4v) is 1.62. The Morgan fingerprint density at radius 2 is 2.36 bits per heavy atom. The van der Waals surface area contributed by atoms with Crippen molar-refractivity contribution in [1.82, 2.24) is 9.78 Å². The summed E-state index contributed by atoms with van der Waals surface area (Å²) >= 11 is 0. The SMILES string of the molecule is Cc1cnn(C)c1C1CC1N. The summed E-state index contributed by atoms with van der Waals surface area (Å²) < 4.78 is 1.94. The topological polar surface area (TPSA) is 43.8 Å². The molecule has 1 aromatic heterocycles. The third kappa shape index (κ3) is 0.959. The van der Waals surface area contributed by atoms with Gasteiger partial charge in [0.1, 0.15) is 0 Å². The molecule has 1 fully saturated rings. The zero-order valence-corrected chi connectivity index (χ0v) is 6.91. The zero-order valence-electron chi connectivity index (χ0n) is 6.91. The number of aromatic nitrogens is 2. The molecule has 1 heterocycles. The number of hydrogen-bond donors (Lipinski definition) is 1. The summed E-state index contributed by atoms with van der Waals surface area (Å²) in [7, 11) is 1.98. The van der Waals surface area contributed by atoms with E-state index < -0.39 is 0 Å². The van der Waals surface area contributed by atoms with E-state index in [0.29, 0.717) is 12.0 Å². The Kier molecular flexibility index (Phi) is 1.29. The lowest BCUT2D eigenvalue weighted by Crippen LogP contribution is -2.05. The van der Waals surface area contributed by atoms with Gasteiger partial charge in [0.05, 0.1) is 6.20 Å². The van der Waals surface area contributed by atoms with Crippen LogP contribution in [0.3, 0.4) is 0 Å². The van der Waals surface area contributed by atoms with Crippen molar-refractivity contribution in [3.63, 3.8) is 0 Å². The molecule has 60 valence electrons. The Labute approximate surface area is 66.2 Å². The van der Waals surface area contributed by atoms with Gasteiger partial charge in [0, 0.05) is 24.7 Å². The number of rotatable bonds is 1. The zero-order chi connectivity index (χ0) is 8.01. The Hall–Kier alpha value is -0.830. The summed E-state index contributed by atoms with van der Waals surface area (Å²) in [5.41, 5.74) is 8.34. The van der Waals surface area contributed by atoms with Crippen molar-refractivity contribution < 1.29 is 0 Å². The van der Waals surface area contributed by atoms with E-state index in [1.807, 2.05) is 17.9 Å². The third-order valence-electron chi connectivity index (χ3n) is 2.37. The first-order chi connectivity index (χ1) is 5.20. The van der Waals surface area contributed by atoms with Gasteiger partial charge in [-0.25, -0.2) is 0 Å². The first-order valence-electron chi connectivity index (χ1n) is 3.94. The molecular weight excluding hydrogens is 138 g/mol. The minimum absolute atomic E-state index is 0.379. The van der Waals surface area contributed by atoms with Crippen molar-refractivity contribution in [2.75, 3.05) is 0 Å². The highest BCUT2D eigenvalue weighted by Crippen LogP contribution is 2.39. The van der Waals surface area contributed by atoms with Crippen molar-refractivity contribution >= 4 is 0 Å². The van der Waals surface area contributed by atoms with Crippen molar-refractivity contribution in [3.05, 3.63) is 17.5 Å². The van der Waals surface area contributed by atoms with Gasteiger partial charge in [-0.1, -0.05) is 0 Å².